The molecule has 9 heteroatoms. The molecular weight excluding hydrogens is 307 g/mol. The number of alkyl halides is 3. The highest BCUT2D eigenvalue weighted by molar-refractivity contribution is 7.87. The first-order chi connectivity index (χ1) is 9.12. The maximum atomic E-state index is 13.5. The molecule has 1 aliphatic carbocycles. The highest BCUT2D eigenvalue weighted by Crippen LogP contribution is 2.32. The molecule has 0 aliphatic heterocycles. The van der Waals surface area contributed by atoms with Crippen LogP contribution in [0.4, 0.5) is 22.0 Å². The van der Waals surface area contributed by atoms with Crippen LogP contribution in [0.15, 0.2) is 17.9 Å². The van der Waals surface area contributed by atoms with Gasteiger partial charge >= 0.3 is 15.6 Å². The molecule has 0 atom stereocenters. The molecular formula is C11H7F5O3S. The van der Waals surface area contributed by atoms with Gasteiger partial charge in [-0.25, -0.2) is 8.78 Å². The molecule has 110 valence electrons. The third-order valence-electron chi connectivity index (χ3n) is 2.67. The van der Waals surface area contributed by atoms with E-state index in [1.54, 1.807) is 0 Å². The highest BCUT2D eigenvalue weighted by Gasteiger charge is 2.48. The molecule has 0 radical (unpaired) electrons. The molecule has 1 aromatic carbocycles. The van der Waals surface area contributed by atoms with Crippen molar-refractivity contribution in [3.63, 3.8) is 0 Å². The lowest BCUT2D eigenvalue weighted by Crippen LogP contribution is -2.25. The SMILES string of the molecule is O=S(=O)(OC1=Cc2c(ccc(F)c2F)CC1)C(F)(F)F. The van der Waals surface area contributed by atoms with E-state index in [9.17, 15) is 30.4 Å². The van der Waals surface area contributed by atoms with Crippen LogP contribution in [-0.2, 0) is 20.7 Å². The van der Waals surface area contributed by atoms with Crippen LogP contribution < -0.4 is 0 Å². The average Bonchev–Trinajstić information content (AvgIpc) is 2.32. The average molecular weight is 314 g/mol. The minimum atomic E-state index is -5.81. The van der Waals surface area contributed by atoms with Crippen molar-refractivity contribution >= 4 is 16.2 Å². The van der Waals surface area contributed by atoms with Crippen LogP contribution in [0.1, 0.15) is 17.5 Å². The number of aryl methyl sites for hydroxylation is 1. The van der Waals surface area contributed by atoms with Crippen LogP contribution in [0.5, 0.6) is 0 Å². The number of rotatable bonds is 2. The third-order valence-corrected chi connectivity index (χ3v) is 3.67. The normalized spacial score (nSPS) is 15.6. The van der Waals surface area contributed by atoms with Crippen molar-refractivity contribution in [2.24, 2.45) is 0 Å². The van der Waals surface area contributed by atoms with Crippen molar-refractivity contribution in [1.29, 1.82) is 0 Å². The molecule has 0 bridgehead atoms. The van der Waals surface area contributed by atoms with E-state index in [0.717, 1.165) is 12.1 Å². The Hall–Kier alpha value is -1.64. The summed E-state index contributed by atoms with van der Waals surface area (Å²) in [5.74, 6) is -3.02. The first-order valence-electron chi connectivity index (χ1n) is 5.30. The summed E-state index contributed by atoms with van der Waals surface area (Å²) in [5, 5.41) is 0. The Kier molecular flexibility index (Phi) is 3.49. The lowest BCUT2D eigenvalue weighted by molar-refractivity contribution is -0.0522. The molecule has 1 aliphatic rings. The molecule has 0 saturated carbocycles. The van der Waals surface area contributed by atoms with Gasteiger partial charge < -0.3 is 4.18 Å². The summed E-state index contributed by atoms with van der Waals surface area (Å²) in [4.78, 5) is 0. The van der Waals surface area contributed by atoms with Gasteiger partial charge in [0.15, 0.2) is 11.6 Å². The highest BCUT2D eigenvalue weighted by atomic mass is 32.2. The zero-order valence-corrected chi connectivity index (χ0v) is 10.5. The second-order valence-electron chi connectivity index (χ2n) is 4.03. The van der Waals surface area contributed by atoms with Gasteiger partial charge in [-0.2, -0.15) is 21.6 Å². The molecule has 0 N–H and O–H groups in total. The summed E-state index contributed by atoms with van der Waals surface area (Å²) in [6.45, 7) is 0. The van der Waals surface area contributed by atoms with Crippen molar-refractivity contribution in [3.8, 4) is 0 Å². The fourth-order valence-corrected chi connectivity index (χ4v) is 2.23. The predicted octanol–water partition coefficient (Wildman–Crippen LogP) is 3.12. The van der Waals surface area contributed by atoms with Crippen LogP contribution in [-0.4, -0.2) is 13.9 Å². The largest absolute Gasteiger partial charge is 0.534 e. The third kappa shape index (κ3) is 2.62. The summed E-state index contributed by atoms with van der Waals surface area (Å²) in [5.41, 5.74) is -5.52. The van der Waals surface area contributed by atoms with E-state index in [1.807, 2.05) is 0 Å². The number of hydrogen-bond donors (Lipinski definition) is 0. The molecule has 0 fully saturated rings. The molecule has 0 aromatic heterocycles. The minimum Gasteiger partial charge on any atom is -0.381 e. The van der Waals surface area contributed by atoms with Crippen molar-refractivity contribution in [3.05, 3.63) is 40.7 Å². The Morgan fingerprint density at radius 2 is 1.75 bits per heavy atom. The summed E-state index contributed by atoms with van der Waals surface area (Å²) in [7, 11) is -5.81. The zero-order valence-electron chi connectivity index (χ0n) is 9.67. The van der Waals surface area contributed by atoms with Gasteiger partial charge in [0.2, 0.25) is 0 Å². The Morgan fingerprint density at radius 3 is 2.35 bits per heavy atom. The fourth-order valence-electron chi connectivity index (χ4n) is 1.73. The molecule has 20 heavy (non-hydrogen) atoms. The summed E-state index contributed by atoms with van der Waals surface area (Å²) >= 11 is 0. The topological polar surface area (TPSA) is 43.4 Å². The van der Waals surface area contributed by atoms with Gasteiger partial charge in [-0.15, -0.1) is 0 Å². The van der Waals surface area contributed by atoms with Crippen LogP contribution in [0.3, 0.4) is 0 Å². The number of allylic oxidation sites excluding steroid dienone is 1. The van der Waals surface area contributed by atoms with E-state index in [-0.39, 0.29) is 18.4 Å². The van der Waals surface area contributed by atoms with E-state index >= 15 is 0 Å². The minimum absolute atomic E-state index is 0.0474. The smallest absolute Gasteiger partial charge is 0.381 e. The summed E-state index contributed by atoms with van der Waals surface area (Å²) in [6, 6.07) is 2.17. The first-order valence-corrected chi connectivity index (χ1v) is 6.71. The van der Waals surface area contributed by atoms with Gasteiger partial charge in [0.25, 0.3) is 0 Å². The van der Waals surface area contributed by atoms with Gasteiger partial charge in [0.05, 0.1) is 0 Å². The molecule has 2 rings (SSSR count). The zero-order chi connectivity index (χ0) is 15.1. The van der Waals surface area contributed by atoms with Gasteiger partial charge in [-0.3, -0.25) is 0 Å². The number of hydrogen-bond acceptors (Lipinski definition) is 3. The van der Waals surface area contributed by atoms with Crippen molar-refractivity contribution in [1.82, 2.24) is 0 Å². The predicted molar refractivity (Wildman–Crippen MR) is 58.7 cm³/mol. The Bertz CT molecular complexity index is 676. The van der Waals surface area contributed by atoms with Crippen LogP contribution in [0, 0.1) is 11.6 Å². The molecule has 0 unspecified atom stereocenters. The van der Waals surface area contributed by atoms with Crippen molar-refractivity contribution in [2.75, 3.05) is 0 Å². The van der Waals surface area contributed by atoms with Crippen molar-refractivity contribution in [2.45, 2.75) is 18.3 Å². The Balaban J connectivity index is 2.38. The second kappa shape index (κ2) is 4.72. The van der Waals surface area contributed by atoms with Gasteiger partial charge in [0.1, 0.15) is 5.76 Å². The molecule has 0 spiro atoms. The number of halogens is 5. The quantitative estimate of drug-likeness (QED) is 0.478. The number of benzene rings is 1. The van der Waals surface area contributed by atoms with E-state index in [4.69, 9.17) is 0 Å². The van der Waals surface area contributed by atoms with E-state index in [0.29, 0.717) is 5.56 Å². The van der Waals surface area contributed by atoms with Crippen molar-refractivity contribution < 1.29 is 34.6 Å². The lowest BCUT2D eigenvalue weighted by atomic mass is 9.96. The maximum Gasteiger partial charge on any atom is 0.534 e. The van der Waals surface area contributed by atoms with Gasteiger partial charge in [0, 0.05) is 12.0 Å². The maximum absolute atomic E-state index is 13.5. The van der Waals surface area contributed by atoms with Gasteiger partial charge in [-0.1, -0.05) is 6.07 Å². The fraction of sp³-hybridized carbons (Fsp3) is 0.273. The monoisotopic (exact) mass is 314 g/mol. The molecule has 0 heterocycles. The van der Waals surface area contributed by atoms with Crippen LogP contribution >= 0.6 is 0 Å². The first kappa shape index (κ1) is 14.8. The van der Waals surface area contributed by atoms with Gasteiger partial charge in [-0.05, 0) is 24.1 Å². The van der Waals surface area contributed by atoms with Crippen LogP contribution in [0.2, 0.25) is 0 Å². The molecule has 3 nitrogen and oxygen atoms in total. The Morgan fingerprint density at radius 1 is 1.10 bits per heavy atom. The summed E-state index contributed by atoms with van der Waals surface area (Å²) < 4.78 is 88.5. The molecule has 0 amide bonds. The van der Waals surface area contributed by atoms with Crippen LogP contribution in [0.25, 0.3) is 6.08 Å². The van der Waals surface area contributed by atoms with E-state index < -0.39 is 33.0 Å². The standard InChI is InChI=1S/C11H7F5O3S/c12-9-4-2-6-1-3-7(5-8(6)10(9)13)19-20(17,18)11(14,15)16/h2,4-5H,1,3H2. The molecule has 0 saturated heterocycles. The summed E-state index contributed by atoms with van der Waals surface area (Å²) in [6.07, 6.45) is 0.652. The van der Waals surface area contributed by atoms with E-state index in [1.165, 1.54) is 6.07 Å². The van der Waals surface area contributed by atoms with E-state index in [2.05, 4.69) is 4.18 Å². The number of fused-ring (bicyclic) bond motifs is 1. The Labute approximate surface area is 110 Å². The molecule has 1 aromatic rings. The second-order valence-corrected chi connectivity index (χ2v) is 5.57. The lowest BCUT2D eigenvalue weighted by Gasteiger charge is -2.18.